The Bertz CT molecular complexity index is 934. The van der Waals surface area contributed by atoms with Crippen molar-refractivity contribution < 1.29 is 14.3 Å². The first-order valence-corrected chi connectivity index (χ1v) is 8.65. The molecule has 1 aromatic heterocycles. The van der Waals surface area contributed by atoms with Crippen molar-refractivity contribution >= 4 is 42.3 Å². The summed E-state index contributed by atoms with van der Waals surface area (Å²) in [6.45, 7) is 0. The van der Waals surface area contributed by atoms with Crippen molar-refractivity contribution in [3.8, 4) is 0 Å². The van der Waals surface area contributed by atoms with Gasteiger partial charge in [0.2, 0.25) is 0 Å². The van der Waals surface area contributed by atoms with Crippen LogP contribution in [0.3, 0.4) is 0 Å². The topological polar surface area (TPSA) is 124 Å². The molecule has 1 aliphatic heterocycles. The Morgan fingerprint density at radius 2 is 1.83 bits per heavy atom. The molecule has 0 radical (unpaired) electrons. The second kappa shape index (κ2) is 6.37. The molecule has 0 spiro atoms. The van der Waals surface area contributed by atoms with Crippen LogP contribution in [0.2, 0.25) is 0 Å². The average Bonchev–Trinajstić information content (AvgIpc) is 3.16. The van der Waals surface area contributed by atoms with Crippen LogP contribution in [0.5, 0.6) is 0 Å². The van der Waals surface area contributed by atoms with Gasteiger partial charge in [-0.3, -0.25) is 20.2 Å². The molecule has 9 nitrogen and oxygen atoms in total. The monoisotopic (exact) mass is 364 g/mol. The molecule has 0 saturated carbocycles. The molecule has 24 heavy (non-hydrogen) atoms. The number of rotatable bonds is 5. The van der Waals surface area contributed by atoms with Gasteiger partial charge >= 0.3 is 5.88 Å². The van der Waals surface area contributed by atoms with E-state index < -0.39 is 25.2 Å². The van der Waals surface area contributed by atoms with Crippen molar-refractivity contribution in [2.75, 3.05) is 0 Å². The van der Waals surface area contributed by atoms with Gasteiger partial charge in [0.25, 0.3) is 5.69 Å². The fourth-order valence-corrected chi connectivity index (χ4v) is 3.73. The molecule has 11 heteroatoms. The highest BCUT2D eigenvalue weighted by Gasteiger charge is 2.26. The van der Waals surface area contributed by atoms with Gasteiger partial charge in [-0.1, -0.05) is 18.2 Å². The maximum atomic E-state index is 11.1. The average molecular weight is 364 g/mol. The number of nitro benzene ring substituents is 1. The lowest BCUT2D eigenvalue weighted by Crippen LogP contribution is -2.14. The molecule has 0 bridgehead atoms. The zero-order chi connectivity index (χ0) is 17.3. The van der Waals surface area contributed by atoms with Crippen molar-refractivity contribution in [3.63, 3.8) is 0 Å². The summed E-state index contributed by atoms with van der Waals surface area (Å²) in [5, 5.41) is 30.5. The largest absolute Gasteiger partial charge is 0.433 e. The molecule has 0 fully saturated rings. The van der Waals surface area contributed by atoms with Crippen LogP contribution < -0.4 is 0 Å². The molecule has 1 aromatic carbocycles. The molecule has 0 N–H and O–H groups in total. The third-order valence-electron chi connectivity index (χ3n) is 3.15. The van der Waals surface area contributed by atoms with Crippen LogP contribution in [0.15, 0.2) is 51.0 Å². The third kappa shape index (κ3) is 2.98. The van der Waals surface area contributed by atoms with E-state index in [4.69, 9.17) is 15.6 Å². The molecule has 1 atom stereocenters. The number of nitro groups is 2. The predicted molar refractivity (Wildman–Crippen MR) is 90.9 cm³/mol. The minimum Gasteiger partial charge on any atom is -0.398 e. The lowest BCUT2D eigenvalue weighted by atomic mass is 10.1. The first-order valence-electron chi connectivity index (χ1n) is 6.50. The van der Waals surface area contributed by atoms with E-state index >= 15 is 0 Å². The quantitative estimate of drug-likeness (QED) is 0.593. The molecule has 0 saturated heterocycles. The Morgan fingerprint density at radius 3 is 2.50 bits per heavy atom. The summed E-state index contributed by atoms with van der Waals surface area (Å²) in [6.07, 6.45) is 0.180. The predicted octanol–water partition coefficient (Wildman–Crippen LogP) is 2.49. The second-order valence-corrected chi connectivity index (χ2v) is 7.02. The summed E-state index contributed by atoms with van der Waals surface area (Å²) < 4.78 is 5.09. The highest BCUT2D eigenvalue weighted by molar-refractivity contribution is 8.46. The van der Waals surface area contributed by atoms with Crippen LogP contribution >= 0.6 is 0 Å². The van der Waals surface area contributed by atoms with E-state index in [0.29, 0.717) is 15.7 Å². The Morgan fingerprint density at radius 1 is 1.08 bits per heavy atom. The lowest BCUT2D eigenvalue weighted by molar-refractivity contribution is -0.402. The molecule has 122 valence electrons. The summed E-state index contributed by atoms with van der Waals surface area (Å²) in [7, 11) is -0.977. The van der Waals surface area contributed by atoms with Crippen LogP contribution in [0.4, 0.5) is 11.6 Å². The molecule has 0 aliphatic carbocycles. The summed E-state index contributed by atoms with van der Waals surface area (Å²) in [4.78, 5) is 20.6. The van der Waals surface area contributed by atoms with Crippen LogP contribution in [0.1, 0.15) is 11.3 Å². The molecular weight excluding hydrogens is 356 g/mol. The van der Waals surface area contributed by atoms with Crippen LogP contribution in [0, 0.1) is 20.2 Å². The van der Waals surface area contributed by atoms with E-state index in [9.17, 15) is 20.2 Å². The van der Waals surface area contributed by atoms with E-state index in [1.807, 2.05) is 0 Å². The van der Waals surface area contributed by atoms with Gasteiger partial charge in [-0.2, -0.15) is 0 Å². The minimum atomic E-state index is -0.977. The number of hydrogen-bond acceptors (Lipinski definition) is 8. The number of nitrogens with zero attached hydrogens (tertiary/aromatic N) is 4. The van der Waals surface area contributed by atoms with Crippen LogP contribution in [0.25, 0.3) is 0 Å². The maximum Gasteiger partial charge on any atom is 0.433 e. The SMILES string of the molecule is O=[N+]([O-])c1ccc(C2=NN=C(Cc3ccccc3[N+](=O)[O-])S2=S)o1. The summed E-state index contributed by atoms with van der Waals surface area (Å²) in [5.74, 6) is -0.229. The third-order valence-corrected chi connectivity index (χ3v) is 5.49. The molecule has 1 unspecified atom stereocenters. The normalized spacial score (nSPS) is 16.6. The van der Waals surface area contributed by atoms with Gasteiger partial charge in [0.05, 0.1) is 11.0 Å². The molecule has 0 amide bonds. The van der Waals surface area contributed by atoms with Crippen molar-refractivity contribution in [2.24, 2.45) is 10.2 Å². The Kier molecular flexibility index (Phi) is 4.27. The van der Waals surface area contributed by atoms with E-state index in [1.54, 1.807) is 18.2 Å². The summed E-state index contributed by atoms with van der Waals surface area (Å²) in [6, 6.07) is 8.93. The Labute approximate surface area is 141 Å². The fraction of sp³-hybridized carbons (Fsp3) is 0.0769. The molecule has 3 rings (SSSR count). The van der Waals surface area contributed by atoms with Gasteiger partial charge in [0.1, 0.15) is 9.97 Å². The molecule has 2 heterocycles. The molecule has 2 aromatic rings. The van der Waals surface area contributed by atoms with E-state index in [0.717, 1.165) is 0 Å². The van der Waals surface area contributed by atoms with E-state index in [2.05, 4.69) is 10.2 Å². The van der Waals surface area contributed by atoms with Crippen molar-refractivity contribution in [2.45, 2.75) is 6.42 Å². The van der Waals surface area contributed by atoms with Gasteiger partial charge in [-0.25, -0.2) is 0 Å². The lowest BCUT2D eigenvalue weighted by Gasteiger charge is -2.04. The molecule has 1 aliphatic rings. The number of para-hydroxylation sites is 1. The highest BCUT2D eigenvalue weighted by atomic mass is 32.8. The van der Waals surface area contributed by atoms with Crippen LogP contribution in [-0.2, 0) is 27.1 Å². The second-order valence-electron chi connectivity index (χ2n) is 4.63. The van der Waals surface area contributed by atoms with Crippen LogP contribution in [-0.4, -0.2) is 19.9 Å². The number of hydrogen-bond donors (Lipinski definition) is 0. The maximum absolute atomic E-state index is 11.1. The smallest absolute Gasteiger partial charge is 0.398 e. The standard InChI is InChI=1S/C13H8N4O5S2/c18-16(19)9-4-2-1-3-8(9)7-11-14-15-13(24(11)23)10-5-6-12(22-10)17(20)21/h1-6H,7H2. The van der Waals surface area contributed by atoms with Gasteiger partial charge in [0, 0.05) is 18.1 Å². The zero-order valence-corrected chi connectivity index (χ0v) is 13.5. The highest BCUT2D eigenvalue weighted by Crippen LogP contribution is 2.24. The van der Waals surface area contributed by atoms with Crippen molar-refractivity contribution in [3.05, 3.63) is 68.0 Å². The first kappa shape index (κ1) is 16.1. The Hall–Kier alpha value is -2.79. The van der Waals surface area contributed by atoms with Gasteiger partial charge in [-0.05, 0) is 26.7 Å². The zero-order valence-electron chi connectivity index (χ0n) is 11.8. The Balaban J connectivity index is 1.81. The number of furan rings is 1. The van der Waals surface area contributed by atoms with Gasteiger partial charge in [0.15, 0.2) is 10.8 Å². The first-order chi connectivity index (χ1) is 11.5. The van der Waals surface area contributed by atoms with E-state index in [-0.39, 0.29) is 17.9 Å². The fourth-order valence-electron chi connectivity index (χ4n) is 2.07. The summed E-state index contributed by atoms with van der Waals surface area (Å²) in [5.41, 5.74) is 0.458. The van der Waals surface area contributed by atoms with Gasteiger partial charge < -0.3 is 4.42 Å². The van der Waals surface area contributed by atoms with Gasteiger partial charge in [-0.15, -0.1) is 10.2 Å². The summed E-state index contributed by atoms with van der Waals surface area (Å²) >= 11 is 5.38. The van der Waals surface area contributed by atoms with E-state index in [1.165, 1.54) is 18.2 Å². The van der Waals surface area contributed by atoms with Crippen molar-refractivity contribution in [1.82, 2.24) is 0 Å². The minimum absolute atomic E-state index is 0.0192. The molecular formula is C13H8N4O5S2. The number of benzene rings is 1. The van der Waals surface area contributed by atoms with Crippen molar-refractivity contribution in [1.29, 1.82) is 0 Å².